The molecule has 1 radical (unpaired) electrons. The Morgan fingerprint density at radius 3 is 2.18 bits per heavy atom. The van der Waals surface area contributed by atoms with Crippen LogP contribution in [0.5, 0.6) is 0 Å². The van der Waals surface area contributed by atoms with Gasteiger partial charge < -0.3 is 0 Å². The van der Waals surface area contributed by atoms with Crippen molar-refractivity contribution in [1.29, 1.82) is 0 Å². The van der Waals surface area contributed by atoms with Gasteiger partial charge in [0.2, 0.25) is 0 Å². The van der Waals surface area contributed by atoms with Gasteiger partial charge in [0.25, 0.3) is 0 Å². The highest BCUT2D eigenvalue weighted by Gasteiger charge is 2.12. The van der Waals surface area contributed by atoms with Crippen molar-refractivity contribution in [3.8, 4) is 0 Å². The van der Waals surface area contributed by atoms with Crippen LogP contribution in [0.1, 0.15) is 26.3 Å². The summed E-state index contributed by atoms with van der Waals surface area (Å²) in [4.78, 5) is 2.51. The first-order chi connectivity index (χ1) is 8.05. The minimum Gasteiger partial charge on any atom is -0.0901 e. The molecular formula is C16H17S. The largest absolute Gasteiger partial charge is 0.0901 e. The molecule has 0 saturated carbocycles. The zero-order valence-electron chi connectivity index (χ0n) is 10.5. The van der Waals surface area contributed by atoms with Crippen molar-refractivity contribution in [2.45, 2.75) is 36.0 Å². The number of hydrogen-bond acceptors (Lipinski definition) is 1. The van der Waals surface area contributed by atoms with E-state index in [4.69, 9.17) is 0 Å². The highest BCUT2D eigenvalue weighted by atomic mass is 32.2. The maximum atomic E-state index is 3.10. The molecule has 2 aromatic carbocycles. The second-order valence-electron chi connectivity index (χ2n) is 5.12. The summed E-state index contributed by atoms with van der Waals surface area (Å²) in [6.07, 6.45) is 0. The van der Waals surface area contributed by atoms with Gasteiger partial charge in [-0.05, 0) is 41.3 Å². The van der Waals surface area contributed by atoms with Crippen molar-refractivity contribution in [2.75, 3.05) is 0 Å². The smallest absolute Gasteiger partial charge is 0.0128 e. The third-order valence-electron chi connectivity index (χ3n) is 2.63. The standard InChI is InChI=1S/C16H17S/c1-16(2,3)13-9-11-15(12-10-13)17-14-7-5-4-6-8-14/h4-5,7-12H,1-3H3. The molecule has 1 heteroatoms. The molecule has 0 spiro atoms. The van der Waals surface area contributed by atoms with Crippen LogP contribution in [0, 0.1) is 6.07 Å². The van der Waals surface area contributed by atoms with Crippen LogP contribution < -0.4 is 0 Å². The Morgan fingerprint density at radius 2 is 1.65 bits per heavy atom. The van der Waals surface area contributed by atoms with Gasteiger partial charge in [-0.3, -0.25) is 0 Å². The molecule has 0 N–H and O–H groups in total. The summed E-state index contributed by atoms with van der Waals surface area (Å²) in [5, 5.41) is 0. The summed E-state index contributed by atoms with van der Waals surface area (Å²) in [7, 11) is 0. The first-order valence-corrected chi connectivity index (χ1v) is 6.62. The highest BCUT2D eigenvalue weighted by Crippen LogP contribution is 2.29. The Balaban J connectivity index is 2.14. The van der Waals surface area contributed by atoms with E-state index < -0.39 is 0 Å². The van der Waals surface area contributed by atoms with Gasteiger partial charge >= 0.3 is 0 Å². The van der Waals surface area contributed by atoms with Crippen molar-refractivity contribution >= 4 is 11.8 Å². The zero-order chi connectivity index (χ0) is 12.3. The predicted molar refractivity (Wildman–Crippen MR) is 74.5 cm³/mol. The molecule has 0 aromatic heterocycles. The lowest BCUT2D eigenvalue weighted by molar-refractivity contribution is 0.590. The van der Waals surface area contributed by atoms with Crippen LogP contribution in [0.25, 0.3) is 0 Å². The van der Waals surface area contributed by atoms with E-state index in [0.29, 0.717) is 0 Å². The molecule has 0 amide bonds. The summed E-state index contributed by atoms with van der Waals surface area (Å²) >= 11 is 1.78. The van der Waals surface area contributed by atoms with E-state index in [2.05, 4.69) is 57.2 Å². The Labute approximate surface area is 108 Å². The van der Waals surface area contributed by atoms with Crippen molar-refractivity contribution in [2.24, 2.45) is 0 Å². The van der Waals surface area contributed by atoms with E-state index in [1.165, 1.54) is 15.4 Å². The molecule has 0 unspecified atom stereocenters. The van der Waals surface area contributed by atoms with Crippen LogP contribution in [-0.2, 0) is 5.41 Å². The Hall–Kier alpha value is -1.21. The van der Waals surface area contributed by atoms with Crippen molar-refractivity contribution in [3.63, 3.8) is 0 Å². The van der Waals surface area contributed by atoms with Gasteiger partial charge in [-0.1, -0.05) is 56.8 Å². The van der Waals surface area contributed by atoms with Crippen LogP contribution in [0.3, 0.4) is 0 Å². The lowest BCUT2D eigenvalue weighted by Crippen LogP contribution is -2.10. The third kappa shape index (κ3) is 3.37. The monoisotopic (exact) mass is 241 g/mol. The van der Waals surface area contributed by atoms with Gasteiger partial charge in [-0.2, -0.15) is 0 Å². The SMILES string of the molecule is CC(C)(C)c1ccc(Sc2c[c]ccc2)cc1. The van der Waals surface area contributed by atoms with E-state index in [-0.39, 0.29) is 5.41 Å². The summed E-state index contributed by atoms with van der Waals surface area (Å²) in [5.74, 6) is 0. The maximum Gasteiger partial charge on any atom is 0.0128 e. The Kier molecular flexibility index (Phi) is 3.58. The molecule has 0 fully saturated rings. The van der Waals surface area contributed by atoms with Gasteiger partial charge in [-0.25, -0.2) is 0 Å². The van der Waals surface area contributed by atoms with E-state index in [1.807, 2.05) is 18.2 Å². The normalized spacial score (nSPS) is 11.5. The molecule has 0 aliphatic carbocycles. The van der Waals surface area contributed by atoms with Crippen LogP contribution in [0.2, 0.25) is 0 Å². The maximum absolute atomic E-state index is 3.10. The minimum atomic E-state index is 0.226. The first-order valence-electron chi connectivity index (χ1n) is 5.80. The van der Waals surface area contributed by atoms with Crippen molar-refractivity contribution in [3.05, 3.63) is 60.2 Å². The van der Waals surface area contributed by atoms with Crippen LogP contribution >= 0.6 is 11.8 Å². The molecule has 0 nitrogen and oxygen atoms in total. The minimum absolute atomic E-state index is 0.226. The number of rotatable bonds is 2. The van der Waals surface area contributed by atoms with E-state index in [9.17, 15) is 0 Å². The molecule has 17 heavy (non-hydrogen) atoms. The number of hydrogen-bond donors (Lipinski definition) is 0. The fraction of sp³-hybridized carbons (Fsp3) is 0.250. The average molecular weight is 241 g/mol. The molecule has 87 valence electrons. The molecule has 0 aliphatic heterocycles. The topological polar surface area (TPSA) is 0 Å². The molecule has 0 heterocycles. The van der Waals surface area contributed by atoms with Gasteiger partial charge in [0.1, 0.15) is 0 Å². The molecule has 0 saturated heterocycles. The third-order valence-corrected chi connectivity index (χ3v) is 3.63. The van der Waals surface area contributed by atoms with Crippen LogP contribution in [0.4, 0.5) is 0 Å². The first kappa shape index (κ1) is 12.3. The van der Waals surface area contributed by atoms with Crippen molar-refractivity contribution in [1.82, 2.24) is 0 Å². The quantitative estimate of drug-likeness (QED) is 0.718. The molecule has 2 rings (SSSR count). The van der Waals surface area contributed by atoms with Gasteiger partial charge in [0.15, 0.2) is 0 Å². The van der Waals surface area contributed by atoms with Crippen molar-refractivity contribution < 1.29 is 0 Å². The van der Waals surface area contributed by atoms with Gasteiger partial charge in [0, 0.05) is 9.79 Å². The van der Waals surface area contributed by atoms with Gasteiger partial charge in [0.05, 0.1) is 0 Å². The van der Waals surface area contributed by atoms with E-state index in [1.54, 1.807) is 11.8 Å². The Morgan fingerprint density at radius 1 is 0.941 bits per heavy atom. The van der Waals surface area contributed by atoms with E-state index in [0.717, 1.165) is 0 Å². The van der Waals surface area contributed by atoms with Gasteiger partial charge in [-0.15, -0.1) is 0 Å². The molecule has 0 atom stereocenters. The summed E-state index contributed by atoms with van der Waals surface area (Å²) in [5.41, 5.74) is 1.60. The average Bonchev–Trinajstić information content (AvgIpc) is 2.30. The zero-order valence-corrected chi connectivity index (χ0v) is 11.3. The van der Waals surface area contributed by atoms with E-state index >= 15 is 0 Å². The second kappa shape index (κ2) is 4.97. The molecular weight excluding hydrogens is 224 g/mol. The summed E-state index contributed by atoms with van der Waals surface area (Å²) < 4.78 is 0. The molecule has 0 bridgehead atoms. The Bertz CT molecular complexity index is 463. The molecule has 2 aromatic rings. The lowest BCUT2D eigenvalue weighted by Gasteiger charge is -2.19. The summed E-state index contributed by atoms with van der Waals surface area (Å²) in [6, 6.07) is 20.0. The second-order valence-corrected chi connectivity index (χ2v) is 6.26. The van der Waals surface area contributed by atoms with Crippen LogP contribution in [0.15, 0.2) is 58.3 Å². The fourth-order valence-electron chi connectivity index (χ4n) is 1.60. The highest BCUT2D eigenvalue weighted by molar-refractivity contribution is 7.99. The fourth-order valence-corrected chi connectivity index (χ4v) is 2.42. The van der Waals surface area contributed by atoms with Crippen LogP contribution in [-0.4, -0.2) is 0 Å². The molecule has 0 aliphatic rings. The summed E-state index contributed by atoms with van der Waals surface area (Å²) in [6.45, 7) is 6.71. The lowest BCUT2D eigenvalue weighted by atomic mass is 9.87. The number of benzene rings is 2. The predicted octanol–water partition coefficient (Wildman–Crippen LogP) is 4.94.